The molecule has 3 aromatic rings. The number of aromatic nitrogens is 1. The summed E-state index contributed by atoms with van der Waals surface area (Å²) in [6.07, 6.45) is -1.69. The average Bonchev–Trinajstić information content (AvgIpc) is 3.30. The third kappa shape index (κ3) is 6.34. The fraction of sp³-hybridized carbons (Fsp3) is 0.238. The fourth-order valence-corrected chi connectivity index (χ4v) is 3.29. The summed E-state index contributed by atoms with van der Waals surface area (Å²) < 4.78 is 25.7. The minimum Gasteiger partial charge on any atom is -0.383 e. The molecule has 0 radical (unpaired) electrons. The molecule has 1 heterocycles. The molecular weight excluding hydrogens is 455 g/mol. The van der Waals surface area contributed by atoms with E-state index in [0.717, 1.165) is 17.2 Å². The van der Waals surface area contributed by atoms with Gasteiger partial charge in [-0.15, -0.1) is 0 Å². The molecule has 0 saturated heterocycles. The van der Waals surface area contributed by atoms with Crippen LogP contribution in [0.3, 0.4) is 0 Å². The van der Waals surface area contributed by atoms with Crippen molar-refractivity contribution in [3.05, 3.63) is 77.7 Å². The molecule has 2 unspecified atom stereocenters. The van der Waals surface area contributed by atoms with Crippen LogP contribution in [-0.2, 0) is 31.8 Å². The number of nitrogens with one attached hydrogen (secondary N) is 1. The van der Waals surface area contributed by atoms with Crippen molar-refractivity contribution >= 4 is 13.7 Å². The molecule has 2 aromatic carbocycles. The second kappa shape index (κ2) is 10.4. The molecule has 3 rings (SSSR count). The van der Waals surface area contributed by atoms with Crippen molar-refractivity contribution < 1.29 is 43.2 Å². The number of rotatable bonds is 10. The van der Waals surface area contributed by atoms with Gasteiger partial charge in [-0.1, -0.05) is 59.8 Å². The monoisotopic (exact) mass is 478 g/mol. The summed E-state index contributed by atoms with van der Waals surface area (Å²) >= 11 is 0. The van der Waals surface area contributed by atoms with Gasteiger partial charge in [0.2, 0.25) is 0 Å². The number of phosphoric acid groups is 1. The van der Waals surface area contributed by atoms with Crippen LogP contribution < -0.4 is 5.48 Å². The number of hydroxylamine groups is 1. The van der Waals surface area contributed by atoms with Crippen molar-refractivity contribution in [1.29, 1.82) is 0 Å². The third-order valence-corrected chi connectivity index (χ3v) is 5.37. The van der Waals surface area contributed by atoms with Crippen LogP contribution in [0.25, 0.3) is 11.1 Å². The zero-order valence-corrected chi connectivity index (χ0v) is 18.4. The number of nitrogens with zero attached hydrogens (tertiary/aromatic N) is 1. The second-order valence-electron chi connectivity index (χ2n) is 7.28. The van der Waals surface area contributed by atoms with Crippen molar-refractivity contribution in [2.75, 3.05) is 0 Å². The topological polar surface area (TPSA) is 172 Å². The summed E-state index contributed by atoms with van der Waals surface area (Å²) in [5, 5.41) is 23.5. The first-order valence-electron chi connectivity index (χ1n) is 9.69. The number of hydrogen-bond donors (Lipinski definition) is 5. The SMILES string of the molecule is CC(OCc1ccc(-c2ccccc2)cc1)(C(=O)NO)C(O)c1cc(COP(=O)(O)O)on1. The maximum Gasteiger partial charge on any atom is 0.470 e. The highest BCUT2D eigenvalue weighted by molar-refractivity contribution is 7.46. The van der Waals surface area contributed by atoms with Crippen LogP contribution in [0.2, 0.25) is 0 Å². The highest BCUT2D eigenvalue weighted by Crippen LogP contribution is 2.37. The highest BCUT2D eigenvalue weighted by Gasteiger charge is 2.44. The molecule has 0 aliphatic rings. The minimum atomic E-state index is -4.74. The number of phosphoric ester groups is 1. The standard InChI is InChI=1S/C21H23N2O9P/c1-21(20(25)22-26,19(24)18-11-17(32-23-18)13-31-33(27,28)29)30-12-14-7-9-16(10-8-14)15-5-3-2-4-6-15/h2-11,19,24,26H,12-13H2,1H3,(H,22,25)(H2,27,28,29). The number of aliphatic hydroxyl groups excluding tert-OH is 1. The molecule has 2 atom stereocenters. The maximum absolute atomic E-state index is 12.3. The summed E-state index contributed by atoms with van der Waals surface area (Å²) in [6, 6.07) is 18.3. The molecule has 176 valence electrons. The first kappa shape index (κ1) is 24.7. The lowest BCUT2D eigenvalue weighted by Gasteiger charge is -2.31. The Balaban J connectivity index is 1.72. The Morgan fingerprint density at radius 3 is 2.36 bits per heavy atom. The number of carbonyl (C=O) groups is 1. The van der Waals surface area contributed by atoms with Crippen LogP contribution in [0.5, 0.6) is 0 Å². The minimum absolute atomic E-state index is 0.0813. The van der Waals surface area contributed by atoms with Crippen LogP contribution in [0.4, 0.5) is 0 Å². The number of aliphatic hydroxyl groups is 1. The molecule has 0 fully saturated rings. The number of amides is 1. The Kier molecular flexibility index (Phi) is 7.77. The van der Waals surface area contributed by atoms with Crippen molar-refractivity contribution in [1.82, 2.24) is 10.6 Å². The van der Waals surface area contributed by atoms with E-state index in [0.29, 0.717) is 5.56 Å². The van der Waals surface area contributed by atoms with E-state index in [9.17, 15) is 14.5 Å². The predicted molar refractivity (Wildman–Crippen MR) is 113 cm³/mol. The quantitative estimate of drug-likeness (QED) is 0.166. The molecule has 0 aliphatic carbocycles. The maximum atomic E-state index is 12.3. The smallest absolute Gasteiger partial charge is 0.383 e. The number of hydrogen-bond acceptors (Lipinski definition) is 8. The molecule has 33 heavy (non-hydrogen) atoms. The number of carbonyl (C=O) groups excluding carboxylic acids is 1. The second-order valence-corrected chi connectivity index (χ2v) is 8.52. The molecular formula is C21H23N2O9P. The van der Waals surface area contributed by atoms with Gasteiger partial charge in [0.1, 0.15) is 18.4 Å². The van der Waals surface area contributed by atoms with Crippen LogP contribution >= 0.6 is 7.82 Å². The summed E-state index contributed by atoms with van der Waals surface area (Å²) in [5.74, 6) is -1.14. The van der Waals surface area contributed by atoms with E-state index in [1.54, 1.807) is 12.1 Å². The van der Waals surface area contributed by atoms with E-state index in [4.69, 9.17) is 24.3 Å². The van der Waals surface area contributed by atoms with Gasteiger partial charge in [0.15, 0.2) is 11.4 Å². The average molecular weight is 478 g/mol. The normalized spacial score (nSPS) is 14.5. The number of ether oxygens (including phenoxy) is 1. The first-order chi connectivity index (χ1) is 15.6. The van der Waals surface area contributed by atoms with Crippen molar-refractivity contribution in [2.24, 2.45) is 0 Å². The molecule has 5 N–H and O–H groups in total. The zero-order valence-electron chi connectivity index (χ0n) is 17.5. The molecule has 0 saturated carbocycles. The van der Waals surface area contributed by atoms with Gasteiger partial charge in [-0.2, -0.15) is 0 Å². The van der Waals surface area contributed by atoms with E-state index in [-0.39, 0.29) is 18.1 Å². The lowest BCUT2D eigenvalue weighted by Crippen LogP contribution is -2.50. The molecule has 0 bridgehead atoms. The first-order valence-corrected chi connectivity index (χ1v) is 11.2. The fourth-order valence-electron chi connectivity index (χ4n) is 2.99. The Morgan fingerprint density at radius 1 is 1.12 bits per heavy atom. The number of benzene rings is 2. The van der Waals surface area contributed by atoms with E-state index in [1.807, 2.05) is 42.5 Å². The summed E-state index contributed by atoms with van der Waals surface area (Å²) in [4.78, 5) is 29.9. The largest absolute Gasteiger partial charge is 0.470 e. The van der Waals surface area contributed by atoms with E-state index in [2.05, 4.69) is 9.68 Å². The lowest BCUT2D eigenvalue weighted by atomic mass is 9.95. The van der Waals surface area contributed by atoms with Gasteiger partial charge in [-0.25, -0.2) is 10.0 Å². The molecule has 0 spiro atoms. The molecule has 1 aromatic heterocycles. The Morgan fingerprint density at radius 2 is 1.76 bits per heavy atom. The third-order valence-electron chi connectivity index (χ3n) is 4.91. The van der Waals surface area contributed by atoms with Gasteiger partial charge in [-0.05, 0) is 23.6 Å². The molecule has 12 heteroatoms. The van der Waals surface area contributed by atoms with Gasteiger partial charge >= 0.3 is 7.82 Å². The van der Waals surface area contributed by atoms with E-state index >= 15 is 0 Å². The highest BCUT2D eigenvalue weighted by atomic mass is 31.2. The van der Waals surface area contributed by atoms with Crippen LogP contribution in [0.15, 0.2) is 65.2 Å². The summed E-state index contributed by atoms with van der Waals surface area (Å²) in [6.45, 7) is 0.561. The Bertz CT molecular complexity index is 1110. The Hall–Kier alpha value is -2.89. The van der Waals surface area contributed by atoms with Gasteiger partial charge < -0.3 is 24.2 Å². The van der Waals surface area contributed by atoms with E-state index < -0.39 is 32.0 Å². The van der Waals surface area contributed by atoms with Gasteiger partial charge in [-0.3, -0.25) is 14.5 Å². The molecule has 11 nitrogen and oxygen atoms in total. The van der Waals surface area contributed by atoms with Crippen LogP contribution in [0.1, 0.15) is 30.0 Å². The summed E-state index contributed by atoms with van der Waals surface area (Å²) in [7, 11) is -4.74. The molecule has 1 amide bonds. The Labute approximate surface area is 188 Å². The summed E-state index contributed by atoms with van der Waals surface area (Å²) in [5.41, 5.74) is 2.05. The van der Waals surface area contributed by atoms with Gasteiger partial charge in [0.25, 0.3) is 5.91 Å². The van der Waals surface area contributed by atoms with Crippen LogP contribution in [0, 0.1) is 0 Å². The van der Waals surface area contributed by atoms with Gasteiger partial charge in [0, 0.05) is 6.07 Å². The van der Waals surface area contributed by atoms with E-state index in [1.165, 1.54) is 12.4 Å². The zero-order chi connectivity index (χ0) is 24.1. The predicted octanol–water partition coefficient (Wildman–Crippen LogP) is 2.47. The molecule has 0 aliphatic heterocycles. The van der Waals surface area contributed by atoms with Crippen molar-refractivity contribution in [2.45, 2.75) is 31.8 Å². The van der Waals surface area contributed by atoms with Gasteiger partial charge in [0.05, 0.1) is 6.61 Å². The van der Waals surface area contributed by atoms with Crippen molar-refractivity contribution in [3.8, 4) is 11.1 Å². The van der Waals surface area contributed by atoms with Crippen LogP contribution in [-0.4, -0.2) is 36.8 Å². The lowest BCUT2D eigenvalue weighted by molar-refractivity contribution is -0.174. The van der Waals surface area contributed by atoms with Crippen molar-refractivity contribution in [3.63, 3.8) is 0 Å².